The van der Waals surface area contributed by atoms with E-state index in [2.05, 4.69) is 30.7 Å². The molecule has 0 saturated heterocycles. The smallest absolute Gasteiger partial charge is 0.188 e. The monoisotopic (exact) mass is 376 g/mol. The van der Waals surface area contributed by atoms with Gasteiger partial charge in [0.2, 0.25) is 0 Å². The molecule has 8 nitrogen and oxygen atoms in total. The molecule has 0 saturated carbocycles. The molecule has 9 heteroatoms. The first-order valence-corrected chi connectivity index (χ1v) is 5.55. The molecule has 2 heterocycles. The topological polar surface area (TPSA) is 106 Å². The zero-order valence-corrected chi connectivity index (χ0v) is 13.1. The summed E-state index contributed by atoms with van der Waals surface area (Å²) in [5, 5.41) is 11.2. The Hall–Kier alpha value is -1.65. The summed E-state index contributed by atoms with van der Waals surface area (Å²) in [5.74, 6) is 1.19. The molecule has 2 rings (SSSR count). The molecule has 0 spiro atoms. The van der Waals surface area contributed by atoms with Crippen LogP contribution in [0.1, 0.15) is 0 Å². The second kappa shape index (κ2) is 7.07. The first kappa shape index (κ1) is 15.4. The minimum atomic E-state index is 0. The summed E-state index contributed by atoms with van der Waals surface area (Å²) in [5.41, 5.74) is 6.32. The predicted octanol–water partition coefficient (Wildman–Crippen LogP) is -0.0727. The lowest BCUT2D eigenvalue weighted by molar-refractivity contribution is 0.785. The van der Waals surface area contributed by atoms with Crippen LogP contribution in [0, 0.1) is 0 Å². The molecule has 0 radical (unpaired) electrons. The van der Waals surface area contributed by atoms with Gasteiger partial charge in [-0.05, 0) is 0 Å². The van der Waals surface area contributed by atoms with Crippen molar-refractivity contribution < 1.29 is 0 Å². The van der Waals surface area contributed by atoms with Gasteiger partial charge in [-0.1, -0.05) is 0 Å². The third-order valence-corrected chi connectivity index (χ3v) is 2.49. The third-order valence-electron chi connectivity index (χ3n) is 2.49. The molecule has 2 aromatic heterocycles. The lowest BCUT2D eigenvalue weighted by atomic mass is 10.4. The highest BCUT2D eigenvalue weighted by Gasteiger charge is 2.06. The van der Waals surface area contributed by atoms with E-state index >= 15 is 0 Å². The van der Waals surface area contributed by atoms with Gasteiger partial charge in [-0.25, -0.2) is 9.97 Å². The Bertz CT molecular complexity index is 564. The molecule has 2 aromatic rings. The lowest BCUT2D eigenvalue weighted by Crippen LogP contribution is -2.34. The highest BCUT2D eigenvalue weighted by molar-refractivity contribution is 14.0. The van der Waals surface area contributed by atoms with Crippen molar-refractivity contribution >= 4 is 46.8 Å². The van der Waals surface area contributed by atoms with Crippen molar-refractivity contribution in [3.8, 4) is 0 Å². The molecule has 0 aromatic carbocycles. The second-order valence-corrected chi connectivity index (χ2v) is 3.69. The number of hydrogen-bond donors (Lipinski definition) is 3. The van der Waals surface area contributed by atoms with Gasteiger partial charge in [0.1, 0.15) is 12.1 Å². The Kier molecular flexibility index (Phi) is 5.73. The minimum absolute atomic E-state index is 0. The van der Waals surface area contributed by atoms with Crippen LogP contribution >= 0.6 is 24.0 Å². The summed E-state index contributed by atoms with van der Waals surface area (Å²) in [6.45, 7) is 1.34. The van der Waals surface area contributed by atoms with Crippen LogP contribution in [0.5, 0.6) is 0 Å². The molecule has 0 aliphatic heterocycles. The van der Waals surface area contributed by atoms with Gasteiger partial charge >= 0.3 is 0 Å². The maximum absolute atomic E-state index is 5.52. The van der Waals surface area contributed by atoms with E-state index in [9.17, 15) is 0 Å². The molecule has 0 bridgehead atoms. The maximum atomic E-state index is 5.52. The standard InChI is InChI=1S/C10H16N8.HI/c1-12-10(11)14-4-3-13-8-7-5-17-18(2)9(7)16-6-15-8;/h5-6H,3-4H2,1-2H3,(H3,11,12,14)(H,13,15,16);1H. The minimum Gasteiger partial charge on any atom is -0.370 e. The molecule has 4 N–H and O–H groups in total. The molecular formula is C10H17IN8. The van der Waals surface area contributed by atoms with Gasteiger partial charge in [-0.15, -0.1) is 24.0 Å². The fraction of sp³-hybridized carbons (Fsp3) is 0.400. The van der Waals surface area contributed by atoms with Gasteiger partial charge in [0.05, 0.1) is 11.6 Å². The molecular weight excluding hydrogens is 359 g/mol. The number of hydrogen-bond acceptors (Lipinski definition) is 5. The number of aliphatic imine (C=N–C) groups is 1. The van der Waals surface area contributed by atoms with Crippen LogP contribution in [0.15, 0.2) is 17.5 Å². The number of fused-ring (bicyclic) bond motifs is 1. The van der Waals surface area contributed by atoms with E-state index in [1.54, 1.807) is 17.9 Å². The van der Waals surface area contributed by atoms with Crippen molar-refractivity contribution in [3.05, 3.63) is 12.5 Å². The normalized spacial score (nSPS) is 11.2. The molecule has 104 valence electrons. The van der Waals surface area contributed by atoms with E-state index in [-0.39, 0.29) is 24.0 Å². The maximum Gasteiger partial charge on any atom is 0.188 e. The number of nitrogens with zero attached hydrogens (tertiary/aromatic N) is 5. The van der Waals surface area contributed by atoms with Crippen molar-refractivity contribution in [2.24, 2.45) is 17.8 Å². The first-order valence-electron chi connectivity index (χ1n) is 5.55. The van der Waals surface area contributed by atoms with Crippen LogP contribution in [-0.2, 0) is 7.05 Å². The van der Waals surface area contributed by atoms with Crippen molar-refractivity contribution in [1.82, 2.24) is 25.1 Å². The fourth-order valence-corrected chi connectivity index (χ4v) is 1.55. The van der Waals surface area contributed by atoms with Crippen molar-refractivity contribution in [3.63, 3.8) is 0 Å². The highest BCUT2D eigenvalue weighted by atomic mass is 127. The van der Waals surface area contributed by atoms with Gasteiger partial charge in [-0.2, -0.15) is 5.10 Å². The van der Waals surface area contributed by atoms with Crippen LogP contribution in [0.3, 0.4) is 0 Å². The Morgan fingerprint density at radius 1 is 1.42 bits per heavy atom. The number of nitrogens with one attached hydrogen (secondary N) is 2. The average Bonchev–Trinajstić information content (AvgIpc) is 2.77. The first-order chi connectivity index (χ1) is 8.72. The summed E-state index contributed by atoms with van der Waals surface area (Å²) in [6.07, 6.45) is 3.26. The van der Waals surface area contributed by atoms with Gasteiger partial charge < -0.3 is 16.4 Å². The largest absolute Gasteiger partial charge is 0.370 e. The van der Waals surface area contributed by atoms with Crippen LogP contribution in [0.2, 0.25) is 0 Å². The van der Waals surface area contributed by atoms with Crippen LogP contribution in [-0.4, -0.2) is 45.8 Å². The molecule has 0 aliphatic carbocycles. The number of guanidine groups is 1. The van der Waals surface area contributed by atoms with Crippen molar-refractivity contribution in [2.45, 2.75) is 0 Å². The van der Waals surface area contributed by atoms with Gasteiger partial charge in [0, 0.05) is 27.2 Å². The fourth-order valence-electron chi connectivity index (χ4n) is 1.55. The summed E-state index contributed by atoms with van der Waals surface area (Å²) in [6, 6.07) is 0. The van der Waals surface area contributed by atoms with Crippen molar-refractivity contribution in [2.75, 3.05) is 25.5 Å². The SMILES string of the molecule is CN=C(N)NCCNc1ncnc2c1cnn2C.I. The summed E-state index contributed by atoms with van der Waals surface area (Å²) in [7, 11) is 3.48. The van der Waals surface area contributed by atoms with Crippen LogP contribution < -0.4 is 16.4 Å². The summed E-state index contributed by atoms with van der Waals surface area (Å²) >= 11 is 0. The van der Waals surface area contributed by atoms with Gasteiger partial charge in [-0.3, -0.25) is 9.67 Å². The number of rotatable bonds is 4. The van der Waals surface area contributed by atoms with E-state index in [1.165, 1.54) is 6.33 Å². The summed E-state index contributed by atoms with van der Waals surface area (Å²) < 4.78 is 1.71. The number of nitrogens with two attached hydrogens (primary N) is 1. The second-order valence-electron chi connectivity index (χ2n) is 3.69. The van der Waals surface area contributed by atoms with E-state index in [0.29, 0.717) is 19.0 Å². The van der Waals surface area contributed by atoms with E-state index in [1.807, 2.05) is 7.05 Å². The molecule has 0 unspecified atom stereocenters. The van der Waals surface area contributed by atoms with Crippen LogP contribution in [0.25, 0.3) is 11.0 Å². The zero-order chi connectivity index (χ0) is 13.0. The van der Waals surface area contributed by atoms with E-state index < -0.39 is 0 Å². The average molecular weight is 376 g/mol. The Balaban J connectivity index is 0.00000180. The van der Waals surface area contributed by atoms with Crippen LogP contribution in [0.4, 0.5) is 5.82 Å². The van der Waals surface area contributed by atoms with Gasteiger partial charge in [0.15, 0.2) is 11.6 Å². The zero-order valence-electron chi connectivity index (χ0n) is 10.8. The van der Waals surface area contributed by atoms with Crippen molar-refractivity contribution in [1.29, 1.82) is 0 Å². The molecule has 0 aliphatic rings. The molecule has 0 amide bonds. The number of anilines is 1. The predicted molar refractivity (Wildman–Crippen MR) is 85.8 cm³/mol. The highest BCUT2D eigenvalue weighted by Crippen LogP contribution is 2.16. The van der Waals surface area contributed by atoms with Gasteiger partial charge in [0.25, 0.3) is 0 Å². The molecule has 0 atom stereocenters. The third kappa shape index (κ3) is 3.66. The Morgan fingerprint density at radius 3 is 2.95 bits per heavy atom. The number of aryl methyl sites for hydroxylation is 1. The molecule has 19 heavy (non-hydrogen) atoms. The Labute approximate surface area is 127 Å². The van der Waals surface area contributed by atoms with E-state index in [0.717, 1.165) is 16.9 Å². The molecule has 0 fully saturated rings. The Morgan fingerprint density at radius 2 is 2.21 bits per heavy atom. The van der Waals surface area contributed by atoms with E-state index in [4.69, 9.17) is 5.73 Å². The number of halogens is 1. The number of aromatic nitrogens is 4. The quantitative estimate of drug-likeness (QED) is 0.299. The summed E-state index contributed by atoms with van der Waals surface area (Å²) in [4.78, 5) is 12.2. The lowest BCUT2D eigenvalue weighted by Gasteiger charge is -2.07.